The van der Waals surface area contributed by atoms with Gasteiger partial charge < -0.3 is 9.84 Å². The predicted octanol–water partition coefficient (Wildman–Crippen LogP) is 2.48. The van der Waals surface area contributed by atoms with E-state index in [0.29, 0.717) is 12.3 Å². The molecule has 0 saturated carbocycles. The summed E-state index contributed by atoms with van der Waals surface area (Å²) in [5, 5.41) is 9.41. The van der Waals surface area contributed by atoms with Gasteiger partial charge in [-0.2, -0.15) is 0 Å². The molecule has 2 atom stereocenters. The van der Waals surface area contributed by atoms with Crippen LogP contribution >= 0.6 is 0 Å². The fraction of sp³-hybridized carbons (Fsp3) is 0.818. The molecule has 0 aromatic rings. The van der Waals surface area contributed by atoms with E-state index in [9.17, 15) is 5.11 Å². The van der Waals surface area contributed by atoms with E-state index in [1.165, 1.54) is 0 Å². The van der Waals surface area contributed by atoms with Gasteiger partial charge in [0, 0.05) is 6.42 Å². The van der Waals surface area contributed by atoms with Crippen LogP contribution in [0.25, 0.3) is 0 Å². The molecule has 0 radical (unpaired) electrons. The summed E-state index contributed by atoms with van der Waals surface area (Å²) in [7, 11) is 0. The van der Waals surface area contributed by atoms with E-state index >= 15 is 0 Å². The van der Waals surface area contributed by atoms with Crippen molar-refractivity contribution < 1.29 is 9.84 Å². The molecular weight excluding hydrogens is 164 g/mol. The molecule has 76 valence electrons. The first-order valence-corrected chi connectivity index (χ1v) is 4.98. The van der Waals surface area contributed by atoms with Crippen LogP contribution in [0, 0.1) is 5.92 Å². The molecule has 1 aliphatic heterocycles. The fourth-order valence-corrected chi connectivity index (χ4v) is 1.98. The molecule has 0 spiro atoms. The Bertz CT molecular complexity index is 194. The lowest BCUT2D eigenvalue weighted by atomic mass is 9.83. The Labute approximate surface area is 80.6 Å². The number of aliphatic hydroxyl groups excluding tert-OH is 1. The van der Waals surface area contributed by atoms with E-state index in [2.05, 4.69) is 20.4 Å². The third kappa shape index (κ3) is 2.55. The van der Waals surface area contributed by atoms with Crippen molar-refractivity contribution >= 4 is 0 Å². The normalized spacial score (nSPS) is 35.5. The summed E-state index contributed by atoms with van der Waals surface area (Å²) in [4.78, 5) is 0. The Morgan fingerprint density at radius 1 is 1.69 bits per heavy atom. The van der Waals surface area contributed by atoms with Crippen molar-refractivity contribution in [2.45, 2.75) is 51.9 Å². The van der Waals surface area contributed by atoms with Crippen molar-refractivity contribution in [2.75, 3.05) is 0 Å². The van der Waals surface area contributed by atoms with Crippen molar-refractivity contribution in [3.63, 3.8) is 0 Å². The number of aliphatic hydroxyl groups is 1. The zero-order valence-corrected chi connectivity index (χ0v) is 8.84. The molecule has 0 bridgehead atoms. The van der Waals surface area contributed by atoms with Gasteiger partial charge in [-0.1, -0.05) is 20.4 Å². The quantitative estimate of drug-likeness (QED) is 0.668. The summed E-state index contributed by atoms with van der Waals surface area (Å²) in [5.41, 5.74) is 0.803. The summed E-state index contributed by atoms with van der Waals surface area (Å²) < 4.78 is 5.55. The second-order valence-corrected chi connectivity index (χ2v) is 4.54. The molecule has 1 N–H and O–H groups in total. The largest absolute Gasteiger partial charge is 0.368 e. The zero-order chi connectivity index (χ0) is 10.1. The summed E-state index contributed by atoms with van der Waals surface area (Å²) in [6.07, 6.45) is 1.90. The molecule has 2 nitrogen and oxygen atoms in total. The highest BCUT2D eigenvalue weighted by Gasteiger charge is 2.35. The molecule has 1 heterocycles. The first-order chi connectivity index (χ1) is 5.94. The van der Waals surface area contributed by atoms with Crippen molar-refractivity contribution in [3.8, 4) is 0 Å². The number of hydrogen-bond donors (Lipinski definition) is 1. The summed E-state index contributed by atoms with van der Waals surface area (Å²) in [6.45, 7) is 10.4. The van der Waals surface area contributed by atoms with Crippen molar-refractivity contribution in [1.29, 1.82) is 0 Å². The highest BCUT2D eigenvalue weighted by Crippen LogP contribution is 2.36. The van der Waals surface area contributed by atoms with Gasteiger partial charge in [0.25, 0.3) is 0 Å². The highest BCUT2D eigenvalue weighted by atomic mass is 16.6. The Morgan fingerprint density at radius 2 is 2.31 bits per heavy atom. The van der Waals surface area contributed by atoms with Crippen LogP contribution in [-0.2, 0) is 4.74 Å². The van der Waals surface area contributed by atoms with Gasteiger partial charge >= 0.3 is 0 Å². The Hall–Kier alpha value is -0.340. The SMILES string of the molecule is C=C1CCC(O)OC1(C)CC(C)C. The van der Waals surface area contributed by atoms with Crippen molar-refractivity contribution in [1.82, 2.24) is 0 Å². The monoisotopic (exact) mass is 184 g/mol. The molecule has 1 aliphatic rings. The summed E-state index contributed by atoms with van der Waals surface area (Å²) >= 11 is 0. The van der Waals surface area contributed by atoms with Crippen LogP contribution in [0.5, 0.6) is 0 Å². The van der Waals surface area contributed by atoms with Gasteiger partial charge in [0.05, 0.1) is 5.60 Å². The lowest BCUT2D eigenvalue weighted by molar-refractivity contribution is -0.188. The molecule has 0 amide bonds. The van der Waals surface area contributed by atoms with Gasteiger partial charge in [0.15, 0.2) is 6.29 Å². The van der Waals surface area contributed by atoms with E-state index < -0.39 is 6.29 Å². The number of ether oxygens (including phenoxy) is 1. The average Bonchev–Trinajstić information content (AvgIpc) is 1.95. The first-order valence-electron chi connectivity index (χ1n) is 4.98. The Balaban J connectivity index is 2.67. The van der Waals surface area contributed by atoms with Crippen molar-refractivity contribution in [3.05, 3.63) is 12.2 Å². The van der Waals surface area contributed by atoms with Crippen molar-refractivity contribution in [2.24, 2.45) is 5.92 Å². The van der Waals surface area contributed by atoms with Gasteiger partial charge in [-0.3, -0.25) is 0 Å². The van der Waals surface area contributed by atoms with Crippen LogP contribution < -0.4 is 0 Å². The van der Waals surface area contributed by atoms with Crippen LogP contribution in [0.2, 0.25) is 0 Å². The molecular formula is C11H20O2. The topological polar surface area (TPSA) is 29.5 Å². The first kappa shape index (κ1) is 10.7. The Morgan fingerprint density at radius 3 is 2.85 bits per heavy atom. The molecule has 1 rings (SSSR count). The summed E-state index contributed by atoms with van der Waals surface area (Å²) in [6, 6.07) is 0. The van der Waals surface area contributed by atoms with E-state index in [4.69, 9.17) is 4.74 Å². The Kier molecular flexibility index (Phi) is 3.14. The predicted molar refractivity (Wildman–Crippen MR) is 53.3 cm³/mol. The van der Waals surface area contributed by atoms with Crippen LogP contribution in [0.4, 0.5) is 0 Å². The van der Waals surface area contributed by atoms with Gasteiger partial charge in [-0.05, 0) is 31.3 Å². The van der Waals surface area contributed by atoms with Crippen LogP contribution in [-0.4, -0.2) is 17.0 Å². The molecule has 0 aliphatic carbocycles. The molecule has 2 heteroatoms. The smallest absolute Gasteiger partial charge is 0.156 e. The molecule has 1 fully saturated rings. The maximum atomic E-state index is 9.41. The minimum absolute atomic E-state index is 0.314. The maximum Gasteiger partial charge on any atom is 0.156 e. The highest BCUT2D eigenvalue weighted by molar-refractivity contribution is 5.13. The number of hydrogen-bond acceptors (Lipinski definition) is 2. The second kappa shape index (κ2) is 3.81. The molecule has 0 aromatic heterocycles. The van der Waals surface area contributed by atoms with Gasteiger partial charge in [0.2, 0.25) is 0 Å². The lowest BCUT2D eigenvalue weighted by Gasteiger charge is -2.39. The van der Waals surface area contributed by atoms with E-state index in [-0.39, 0.29) is 5.60 Å². The minimum Gasteiger partial charge on any atom is -0.368 e. The third-order valence-electron chi connectivity index (χ3n) is 2.63. The van der Waals surface area contributed by atoms with Gasteiger partial charge in [-0.25, -0.2) is 0 Å². The van der Waals surface area contributed by atoms with E-state index in [0.717, 1.165) is 18.4 Å². The zero-order valence-electron chi connectivity index (χ0n) is 8.84. The molecule has 2 unspecified atom stereocenters. The van der Waals surface area contributed by atoms with Crippen LogP contribution in [0.3, 0.4) is 0 Å². The number of rotatable bonds is 2. The minimum atomic E-state index is -0.603. The van der Waals surface area contributed by atoms with Gasteiger partial charge in [0.1, 0.15) is 0 Å². The third-order valence-corrected chi connectivity index (χ3v) is 2.63. The summed E-state index contributed by atoms with van der Waals surface area (Å²) in [5.74, 6) is 0.562. The van der Waals surface area contributed by atoms with E-state index in [1.54, 1.807) is 0 Å². The van der Waals surface area contributed by atoms with Gasteiger partial charge in [-0.15, -0.1) is 0 Å². The lowest BCUT2D eigenvalue weighted by Crippen LogP contribution is -2.40. The van der Waals surface area contributed by atoms with E-state index in [1.807, 2.05) is 6.92 Å². The molecule has 0 aromatic carbocycles. The van der Waals surface area contributed by atoms with Crippen LogP contribution in [0.1, 0.15) is 40.0 Å². The molecule has 1 saturated heterocycles. The average molecular weight is 184 g/mol. The van der Waals surface area contributed by atoms with Crippen LogP contribution in [0.15, 0.2) is 12.2 Å². The fourth-order valence-electron chi connectivity index (χ4n) is 1.98. The second-order valence-electron chi connectivity index (χ2n) is 4.54. The standard InChI is InChI=1S/C11H20O2/c1-8(2)7-11(4)9(3)5-6-10(12)13-11/h8,10,12H,3,5-7H2,1-2,4H3. The molecule has 13 heavy (non-hydrogen) atoms. The maximum absolute atomic E-state index is 9.41.